The topological polar surface area (TPSA) is 45.8 Å². The van der Waals surface area contributed by atoms with E-state index in [4.69, 9.17) is 21.1 Å². The molecule has 0 aliphatic carbocycles. The van der Waals surface area contributed by atoms with E-state index in [1.165, 1.54) is 6.20 Å². The maximum Gasteiger partial charge on any atom is 0.159 e. The van der Waals surface area contributed by atoms with Crippen LogP contribution in [-0.2, 0) is 9.47 Å². The summed E-state index contributed by atoms with van der Waals surface area (Å²) < 4.78 is 24.8. The van der Waals surface area contributed by atoms with Crippen molar-refractivity contribution in [1.29, 1.82) is 0 Å². The van der Waals surface area contributed by atoms with E-state index in [-0.39, 0.29) is 17.4 Å². The van der Waals surface area contributed by atoms with Crippen molar-refractivity contribution in [2.24, 2.45) is 0 Å². The number of hydrogen-bond donors (Lipinski definition) is 2. The van der Waals surface area contributed by atoms with Crippen LogP contribution in [0.3, 0.4) is 0 Å². The van der Waals surface area contributed by atoms with Crippen LogP contribution >= 0.6 is 11.6 Å². The quantitative estimate of drug-likeness (QED) is 0.834. The van der Waals surface area contributed by atoms with E-state index in [9.17, 15) is 4.39 Å². The zero-order valence-electron chi connectivity index (χ0n) is 11.9. The molecule has 0 aromatic carbocycles. The van der Waals surface area contributed by atoms with E-state index in [2.05, 4.69) is 10.7 Å². The van der Waals surface area contributed by atoms with Crippen molar-refractivity contribution in [3.05, 3.63) is 34.7 Å². The summed E-state index contributed by atoms with van der Waals surface area (Å²) in [5.41, 5.74) is 4.37. The van der Waals surface area contributed by atoms with Gasteiger partial charge in [0, 0.05) is 19.0 Å². The second-order valence-corrected chi connectivity index (χ2v) is 5.75. The Morgan fingerprint density at radius 3 is 3.19 bits per heavy atom. The third-order valence-corrected chi connectivity index (χ3v) is 3.94. The molecular weight excluding hydrogens is 297 g/mol. The monoisotopic (exact) mass is 315 g/mol. The Balaban J connectivity index is 1.54. The summed E-state index contributed by atoms with van der Waals surface area (Å²) in [7, 11) is 0. The second kappa shape index (κ2) is 6.25. The van der Waals surface area contributed by atoms with Crippen LogP contribution in [0.1, 0.15) is 26.2 Å². The maximum absolute atomic E-state index is 13.4. The summed E-state index contributed by atoms with van der Waals surface area (Å²) in [5.74, 6) is -0.474. The number of hydrogen-bond acceptors (Lipinski definition) is 5. The van der Waals surface area contributed by atoms with E-state index in [1.807, 2.05) is 18.1 Å². The molecule has 3 aliphatic heterocycles. The van der Waals surface area contributed by atoms with Crippen molar-refractivity contribution in [3.8, 4) is 0 Å². The highest BCUT2D eigenvalue weighted by Crippen LogP contribution is 2.29. The van der Waals surface area contributed by atoms with Gasteiger partial charge in [0.2, 0.25) is 0 Å². The summed E-state index contributed by atoms with van der Waals surface area (Å²) in [4.78, 5) is 0. The van der Waals surface area contributed by atoms with Crippen molar-refractivity contribution in [1.82, 2.24) is 15.8 Å². The van der Waals surface area contributed by atoms with Crippen LogP contribution in [0.15, 0.2) is 34.7 Å². The number of halogens is 2. The molecule has 0 spiro atoms. The van der Waals surface area contributed by atoms with Gasteiger partial charge in [0.25, 0.3) is 0 Å². The number of nitrogens with one attached hydrogen (secondary N) is 2. The summed E-state index contributed by atoms with van der Waals surface area (Å²) in [5, 5.41) is 4.78. The van der Waals surface area contributed by atoms with Gasteiger partial charge in [0.15, 0.2) is 12.1 Å². The lowest BCUT2D eigenvalue weighted by Crippen LogP contribution is -2.38. The van der Waals surface area contributed by atoms with Gasteiger partial charge in [-0.05, 0) is 26.2 Å². The van der Waals surface area contributed by atoms with E-state index in [0.717, 1.165) is 31.6 Å². The Morgan fingerprint density at radius 2 is 2.43 bits per heavy atom. The normalized spacial score (nSPS) is 26.6. The molecule has 5 nitrogen and oxygen atoms in total. The summed E-state index contributed by atoms with van der Waals surface area (Å²) in [6, 6.07) is 0. The fourth-order valence-corrected chi connectivity index (χ4v) is 2.75. The molecule has 3 aliphatic rings. The van der Waals surface area contributed by atoms with Crippen LogP contribution < -0.4 is 10.7 Å². The lowest BCUT2D eigenvalue weighted by Gasteiger charge is -2.28. The molecule has 0 amide bonds. The minimum absolute atomic E-state index is 0.0187. The average Bonchev–Trinajstić information content (AvgIpc) is 2.87. The average molecular weight is 316 g/mol. The predicted molar refractivity (Wildman–Crippen MR) is 77.3 cm³/mol. The van der Waals surface area contributed by atoms with E-state index < -0.39 is 5.83 Å². The molecule has 0 saturated carbocycles. The van der Waals surface area contributed by atoms with Gasteiger partial charge in [-0.15, -0.1) is 0 Å². The van der Waals surface area contributed by atoms with Crippen LogP contribution in [0.2, 0.25) is 0 Å². The molecule has 3 rings (SSSR count). The first kappa shape index (κ1) is 14.7. The predicted octanol–water partition coefficient (Wildman–Crippen LogP) is 2.44. The lowest BCUT2D eigenvalue weighted by atomic mass is 10.2. The Morgan fingerprint density at radius 1 is 1.57 bits per heavy atom. The fourth-order valence-electron chi connectivity index (χ4n) is 2.55. The summed E-state index contributed by atoms with van der Waals surface area (Å²) >= 11 is 5.94. The summed E-state index contributed by atoms with van der Waals surface area (Å²) in [6.07, 6.45) is 6.14. The molecule has 1 fully saturated rings. The van der Waals surface area contributed by atoms with Gasteiger partial charge in [-0.25, -0.2) is 4.39 Å². The minimum atomic E-state index is -0.474. The third kappa shape index (κ3) is 3.33. The smallest absolute Gasteiger partial charge is 0.159 e. The first-order valence-corrected chi connectivity index (χ1v) is 7.56. The molecule has 0 radical (unpaired) electrons. The van der Waals surface area contributed by atoms with Crippen LogP contribution in [0, 0.1) is 0 Å². The van der Waals surface area contributed by atoms with Gasteiger partial charge in [-0.3, -0.25) is 10.4 Å². The SMILES string of the molecule is C[C@@H](CN1C=C2NC=C(F)C(Cl)=C2N1)OC1CCCCO1. The maximum atomic E-state index is 13.4. The third-order valence-electron chi connectivity index (χ3n) is 3.57. The largest absolute Gasteiger partial charge is 0.356 e. The van der Waals surface area contributed by atoms with Crippen molar-refractivity contribution in [3.63, 3.8) is 0 Å². The first-order chi connectivity index (χ1) is 10.1. The molecule has 7 heteroatoms. The molecule has 2 N–H and O–H groups in total. The molecule has 0 aromatic rings. The molecule has 0 aromatic heterocycles. The Labute approximate surface area is 128 Å². The van der Waals surface area contributed by atoms with Gasteiger partial charge in [0.1, 0.15) is 10.7 Å². The lowest BCUT2D eigenvalue weighted by molar-refractivity contribution is -0.186. The van der Waals surface area contributed by atoms with E-state index >= 15 is 0 Å². The van der Waals surface area contributed by atoms with Gasteiger partial charge in [-0.2, -0.15) is 0 Å². The number of ether oxygens (including phenoxy) is 2. The molecule has 2 atom stereocenters. The zero-order chi connectivity index (χ0) is 14.8. The molecular formula is C14H19ClFN3O2. The molecule has 3 heterocycles. The molecule has 0 bridgehead atoms. The highest BCUT2D eigenvalue weighted by atomic mass is 35.5. The van der Waals surface area contributed by atoms with Crippen LogP contribution in [0.25, 0.3) is 0 Å². The van der Waals surface area contributed by atoms with Crippen LogP contribution in [0.5, 0.6) is 0 Å². The van der Waals surface area contributed by atoms with E-state index in [0.29, 0.717) is 12.2 Å². The van der Waals surface area contributed by atoms with Gasteiger partial charge in [0.05, 0.1) is 18.3 Å². The van der Waals surface area contributed by atoms with Gasteiger partial charge >= 0.3 is 0 Å². The molecule has 116 valence electrons. The molecule has 1 unspecified atom stereocenters. The number of nitrogens with zero attached hydrogens (tertiary/aromatic N) is 1. The van der Waals surface area contributed by atoms with Crippen molar-refractivity contribution < 1.29 is 13.9 Å². The number of rotatable bonds is 4. The number of allylic oxidation sites excluding steroid dienone is 2. The summed E-state index contributed by atoms with van der Waals surface area (Å²) in [6.45, 7) is 3.36. The highest BCUT2D eigenvalue weighted by molar-refractivity contribution is 6.32. The highest BCUT2D eigenvalue weighted by Gasteiger charge is 2.27. The van der Waals surface area contributed by atoms with Gasteiger partial charge in [-0.1, -0.05) is 11.6 Å². The van der Waals surface area contributed by atoms with Crippen LogP contribution in [0.4, 0.5) is 4.39 Å². The number of fused-ring (bicyclic) bond motifs is 1. The minimum Gasteiger partial charge on any atom is -0.356 e. The van der Waals surface area contributed by atoms with Crippen molar-refractivity contribution in [2.45, 2.75) is 38.6 Å². The van der Waals surface area contributed by atoms with E-state index in [1.54, 1.807) is 0 Å². The fraction of sp³-hybridized carbons (Fsp3) is 0.571. The molecule has 21 heavy (non-hydrogen) atoms. The Bertz CT molecular complexity index is 500. The second-order valence-electron chi connectivity index (χ2n) is 5.38. The zero-order valence-corrected chi connectivity index (χ0v) is 12.6. The number of dihydropyridines is 1. The Kier molecular flexibility index (Phi) is 4.37. The van der Waals surface area contributed by atoms with Crippen LogP contribution in [-0.4, -0.2) is 30.6 Å². The first-order valence-electron chi connectivity index (χ1n) is 7.18. The number of hydrazine groups is 1. The van der Waals surface area contributed by atoms with Gasteiger partial charge < -0.3 is 14.8 Å². The molecule has 1 saturated heterocycles. The van der Waals surface area contributed by atoms with Crippen molar-refractivity contribution >= 4 is 11.6 Å². The Hall–Kier alpha value is -1.24. The standard InChI is InChI=1S/C14H19ClFN3O2/c1-9(21-12-4-2-3-5-20-12)7-19-8-11-14(18-19)13(15)10(16)6-17-11/h6,8-9,12,17-18H,2-5,7H2,1H3/t9-,12?/m0/s1. The van der Waals surface area contributed by atoms with Crippen molar-refractivity contribution in [2.75, 3.05) is 13.2 Å².